The molecule has 0 aliphatic heterocycles. The minimum atomic E-state index is -4.64. The molecule has 0 radical (unpaired) electrons. The van der Waals surface area contributed by atoms with Crippen LogP contribution in [0.15, 0.2) is 58.1 Å². The molecule has 4 rings (SSSR count). The van der Waals surface area contributed by atoms with Crippen molar-refractivity contribution in [1.82, 2.24) is 20.1 Å². The van der Waals surface area contributed by atoms with Crippen molar-refractivity contribution in [2.45, 2.75) is 17.0 Å². The second-order valence-corrected chi connectivity index (χ2v) is 7.02. The number of aromatic nitrogens is 4. The summed E-state index contributed by atoms with van der Waals surface area (Å²) in [6.45, 7) is 0. The van der Waals surface area contributed by atoms with Gasteiger partial charge in [0.2, 0.25) is 5.82 Å². The molecule has 4 aromatic rings. The molecule has 28 heavy (non-hydrogen) atoms. The number of hydrogen-bond acceptors (Lipinski definition) is 6. The molecule has 0 spiro atoms. The second-order valence-electron chi connectivity index (χ2n) is 5.65. The van der Waals surface area contributed by atoms with Gasteiger partial charge in [-0.1, -0.05) is 58.9 Å². The Hall–Kier alpha value is -2.65. The van der Waals surface area contributed by atoms with Crippen molar-refractivity contribution in [3.05, 3.63) is 65.2 Å². The molecule has 0 N–H and O–H groups in total. The molecule has 0 atom stereocenters. The van der Waals surface area contributed by atoms with Crippen LogP contribution in [0.2, 0.25) is 5.02 Å². The van der Waals surface area contributed by atoms with Crippen molar-refractivity contribution in [3.63, 3.8) is 0 Å². The third-order valence-electron chi connectivity index (χ3n) is 3.73. The van der Waals surface area contributed by atoms with Crippen LogP contribution < -0.4 is 0 Å². The van der Waals surface area contributed by atoms with Crippen LogP contribution in [-0.2, 0) is 11.9 Å². The van der Waals surface area contributed by atoms with E-state index in [0.29, 0.717) is 21.8 Å². The Morgan fingerprint density at radius 1 is 0.964 bits per heavy atom. The van der Waals surface area contributed by atoms with E-state index in [1.165, 1.54) is 6.07 Å². The lowest BCUT2D eigenvalue weighted by atomic mass is 10.2. The Morgan fingerprint density at radius 2 is 1.71 bits per heavy atom. The first kappa shape index (κ1) is 18.7. The maximum Gasteiger partial charge on any atom is 0.451 e. The number of para-hydroxylation sites is 1. The van der Waals surface area contributed by atoms with Gasteiger partial charge in [-0.25, -0.2) is 9.97 Å². The van der Waals surface area contributed by atoms with E-state index >= 15 is 0 Å². The number of benzene rings is 2. The number of halogens is 4. The first-order valence-electron chi connectivity index (χ1n) is 7.96. The van der Waals surface area contributed by atoms with Crippen LogP contribution in [0.3, 0.4) is 0 Å². The van der Waals surface area contributed by atoms with Gasteiger partial charge in [0.05, 0.1) is 21.9 Å². The van der Waals surface area contributed by atoms with E-state index in [1.54, 1.807) is 42.5 Å². The van der Waals surface area contributed by atoms with E-state index in [2.05, 4.69) is 20.1 Å². The maximum atomic E-state index is 13.1. The number of alkyl halides is 3. The summed E-state index contributed by atoms with van der Waals surface area (Å²) in [4.78, 5) is 11.5. The van der Waals surface area contributed by atoms with Gasteiger partial charge in [0.25, 0.3) is 5.89 Å². The van der Waals surface area contributed by atoms with Gasteiger partial charge in [-0.2, -0.15) is 18.2 Å². The molecule has 5 nitrogen and oxygen atoms in total. The molecule has 0 unspecified atom stereocenters. The minimum absolute atomic E-state index is 0.173. The van der Waals surface area contributed by atoms with Crippen LogP contribution in [0.1, 0.15) is 11.6 Å². The summed E-state index contributed by atoms with van der Waals surface area (Å²) in [6, 6.07) is 13.5. The van der Waals surface area contributed by atoms with Gasteiger partial charge < -0.3 is 4.52 Å². The van der Waals surface area contributed by atoms with Crippen LogP contribution in [0.25, 0.3) is 22.4 Å². The fourth-order valence-corrected chi connectivity index (χ4v) is 3.55. The number of fused-ring (bicyclic) bond motifs is 1. The molecule has 0 bridgehead atoms. The predicted octanol–water partition coefficient (Wildman–Crippen LogP) is 5.64. The summed E-state index contributed by atoms with van der Waals surface area (Å²) >= 11 is 7.19. The normalized spacial score (nSPS) is 11.9. The molecule has 0 aliphatic carbocycles. The van der Waals surface area contributed by atoms with E-state index in [-0.39, 0.29) is 22.2 Å². The highest BCUT2D eigenvalue weighted by atomic mass is 35.5. The summed E-state index contributed by atoms with van der Waals surface area (Å²) in [7, 11) is 0. The lowest BCUT2D eigenvalue weighted by Gasteiger charge is -2.09. The van der Waals surface area contributed by atoms with Crippen LogP contribution in [-0.4, -0.2) is 20.1 Å². The summed E-state index contributed by atoms with van der Waals surface area (Å²) in [5.74, 6) is -0.453. The Labute approximate surface area is 166 Å². The zero-order valence-electron chi connectivity index (χ0n) is 13.9. The highest BCUT2D eigenvalue weighted by Crippen LogP contribution is 2.33. The van der Waals surface area contributed by atoms with E-state index in [0.717, 1.165) is 11.8 Å². The lowest BCUT2D eigenvalue weighted by Crippen LogP contribution is -2.11. The quantitative estimate of drug-likeness (QED) is 0.313. The van der Waals surface area contributed by atoms with Gasteiger partial charge in [-0.15, -0.1) is 0 Å². The third-order valence-corrected chi connectivity index (χ3v) is 5.05. The van der Waals surface area contributed by atoms with Crippen LogP contribution in [0.4, 0.5) is 13.2 Å². The number of rotatable bonds is 4. The van der Waals surface area contributed by atoms with Crippen molar-refractivity contribution >= 4 is 34.3 Å². The Balaban J connectivity index is 1.62. The predicted molar refractivity (Wildman–Crippen MR) is 98.8 cm³/mol. The smallest absolute Gasteiger partial charge is 0.334 e. The van der Waals surface area contributed by atoms with Crippen molar-refractivity contribution in [3.8, 4) is 11.5 Å². The summed E-state index contributed by atoms with van der Waals surface area (Å²) in [5.41, 5.74) is 0.803. The molecule has 2 aromatic carbocycles. The molecular weight excluding hydrogens is 413 g/mol. The molecule has 142 valence electrons. The van der Waals surface area contributed by atoms with Crippen LogP contribution >= 0.6 is 23.4 Å². The zero-order chi connectivity index (χ0) is 19.7. The lowest BCUT2D eigenvalue weighted by molar-refractivity contribution is -0.145. The van der Waals surface area contributed by atoms with Gasteiger partial charge in [0.15, 0.2) is 5.82 Å². The fraction of sp³-hybridized carbons (Fsp3) is 0.111. The summed E-state index contributed by atoms with van der Waals surface area (Å²) in [6.07, 6.45) is -4.64. The highest BCUT2D eigenvalue weighted by Gasteiger charge is 2.35. The standard InChI is InChI=1S/C18H10ClF3N4OS/c19-12-7-3-1-5-10(12)15-24-14(26-27-15)9-28-16-11-6-2-4-8-13(11)23-17(25-16)18(20,21)22/h1-8H,9H2. The van der Waals surface area contributed by atoms with Crippen molar-refractivity contribution in [2.24, 2.45) is 0 Å². The second kappa shape index (κ2) is 7.40. The van der Waals surface area contributed by atoms with Gasteiger partial charge in [-0.05, 0) is 18.2 Å². The minimum Gasteiger partial charge on any atom is -0.334 e. The SMILES string of the molecule is FC(F)(F)c1nc(SCc2noc(-c3ccccc3Cl)n2)c2ccccc2n1. The van der Waals surface area contributed by atoms with E-state index in [1.807, 2.05) is 0 Å². The average Bonchev–Trinajstić information content (AvgIpc) is 3.14. The first-order chi connectivity index (χ1) is 13.4. The zero-order valence-corrected chi connectivity index (χ0v) is 15.5. The molecule has 0 aliphatic rings. The van der Waals surface area contributed by atoms with Gasteiger partial charge in [-0.3, -0.25) is 0 Å². The molecule has 0 saturated heterocycles. The third kappa shape index (κ3) is 3.81. The van der Waals surface area contributed by atoms with Gasteiger partial charge in [0.1, 0.15) is 5.03 Å². The fourth-order valence-electron chi connectivity index (χ4n) is 2.47. The monoisotopic (exact) mass is 422 g/mol. The molecule has 10 heteroatoms. The Morgan fingerprint density at radius 3 is 2.50 bits per heavy atom. The van der Waals surface area contributed by atoms with E-state index in [4.69, 9.17) is 16.1 Å². The summed E-state index contributed by atoms with van der Waals surface area (Å²) in [5, 5.41) is 5.05. The van der Waals surface area contributed by atoms with E-state index < -0.39 is 12.0 Å². The Bertz CT molecular complexity index is 1150. The molecule has 0 amide bonds. The van der Waals surface area contributed by atoms with Crippen LogP contribution in [0, 0.1) is 0 Å². The van der Waals surface area contributed by atoms with E-state index in [9.17, 15) is 13.2 Å². The molecule has 2 heterocycles. The molecular formula is C18H10ClF3N4OS. The van der Waals surface area contributed by atoms with Crippen LogP contribution in [0.5, 0.6) is 0 Å². The van der Waals surface area contributed by atoms with Crippen molar-refractivity contribution in [2.75, 3.05) is 0 Å². The van der Waals surface area contributed by atoms with Gasteiger partial charge >= 0.3 is 6.18 Å². The Kier molecular flexibility index (Phi) is 4.94. The van der Waals surface area contributed by atoms with Crippen molar-refractivity contribution in [1.29, 1.82) is 0 Å². The molecule has 0 fully saturated rings. The number of hydrogen-bond donors (Lipinski definition) is 0. The highest BCUT2D eigenvalue weighted by molar-refractivity contribution is 7.98. The molecule has 0 saturated carbocycles. The first-order valence-corrected chi connectivity index (χ1v) is 9.32. The summed E-state index contributed by atoms with van der Waals surface area (Å²) < 4.78 is 44.5. The number of thioether (sulfide) groups is 1. The average molecular weight is 423 g/mol. The van der Waals surface area contributed by atoms with Gasteiger partial charge in [0, 0.05) is 5.39 Å². The maximum absolute atomic E-state index is 13.1. The number of nitrogens with zero attached hydrogens (tertiary/aromatic N) is 4. The van der Waals surface area contributed by atoms with Crippen molar-refractivity contribution < 1.29 is 17.7 Å². The molecule has 2 aromatic heterocycles. The largest absolute Gasteiger partial charge is 0.451 e. The topological polar surface area (TPSA) is 64.7 Å².